The molecule has 1 saturated heterocycles. The van der Waals surface area contributed by atoms with Crippen molar-refractivity contribution in [1.82, 2.24) is 9.80 Å². The predicted octanol–water partition coefficient (Wildman–Crippen LogP) is 1.13. The molecule has 2 rings (SSSR count). The van der Waals surface area contributed by atoms with E-state index >= 15 is 0 Å². The van der Waals surface area contributed by atoms with Gasteiger partial charge in [0.05, 0.1) is 6.10 Å². The lowest BCUT2D eigenvalue weighted by Gasteiger charge is -2.44. The minimum absolute atomic E-state index is 0.264. The number of carbonyl (C=O) groups excluding carboxylic acids is 1. The predicted molar refractivity (Wildman–Crippen MR) is 87.2 cm³/mol. The second-order valence-corrected chi connectivity index (χ2v) is 6.26. The lowest BCUT2D eigenvalue weighted by atomic mass is 10.0. The minimum Gasteiger partial charge on any atom is -0.392 e. The summed E-state index contributed by atoms with van der Waals surface area (Å²) in [5.74, 6) is -0.749. The molecular weight excluding hydrogens is 297 g/mol. The van der Waals surface area contributed by atoms with E-state index in [9.17, 15) is 14.3 Å². The first-order valence-electron chi connectivity index (χ1n) is 8.13. The maximum Gasteiger partial charge on any atom is 0.239 e. The van der Waals surface area contributed by atoms with Gasteiger partial charge in [-0.05, 0) is 31.0 Å². The summed E-state index contributed by atoms with van der Waals surface area (Å²) >= 11 is 0. The zero-order valence-corrected chi connectivity index (χ0v) is 13.8. The Balaban J connectivity index is 2.15. The number of hydrogen-bond acceptors (Lipinski definition) is 4. The molecule has 23 heavy (non-hydrogen) atoms. The Morgan fingerprint density at radius 3 is 2.57 bits per heavy atom. The number of nitrogens with zero attached hydrogens (tertiary/aromatic N) is 2. The Morgan fingerprint density at radius 2 is 2.04 bits per heavy atom. The van der Waals surface area contributed by atoms with Crippen LogP contribution in [0.5, 0.6) is 0 Å². The van der Waals surface area contributed by atoms with E-state index in [2.05, 4.69) is 16.7 Å². The van der Waals surface area contributed by atoms with Gasteiger partial charge in [0.1, 0.15) is 11.9 Å². The van der Waals surface area contributed by atoms with Crippen LogP contribution in [0.4, 0.5) is 4.39 Å². The summed E-state index contributed by atoms with van der Waals surface area (Å²) in [5.41, 5.74) is 6.33. The van der Waals surface area contributed by atoms with Gasteiger partial charge in [-0.2, -0.15) is 0 Å². The van der Waals surface area contributed by atoms with Gasteiger partial charge in [0.15, 0.2) is 0 Å². The molecule has 1 heterocycles. The minimum atomic E-state index is -0.543. The Bertz CT molecular complexity index is 521. The molecular formula is C17H26FN3O2. The molecule has 1 aromatic carbocycles. The molecule has 0 saturated carbocycles. The molecule has 6 heteroatoms. The van der Waals surface area contributed by atoms with Crippen molar-refractivity contribution < 1.29 is 14.3 Å². The van der Waals surface area contributed by atoms with Gasteiger partial charge >= 0.3 is 0 Å². The number of primary amides is 1. The van der Waals surface area contributed by atoms with E-state index in [0.717, 1.165) is 18.5 Å². The molecule has 0 aromatic heterocycles. The molecule has 0 radical (unpaired) electrons. The smallest absolute Gasteiger partial charge is 0.239 e. The standard InChI is InChI=1S/C17H26FN3O2/c1-3-15-11-21(9-8-20(15)10-12(2)22)16(17(19)23)13-4-6-14(18)7-5-13/h4-7,12,15-16,22H,3,8-11H2,1-2H3,(H2,19,23)/t12-,15+,16-/m0/s1. The van der Waals surface area contributed by atoms with Crippen LogP contribution in [0.2, 0.25) is 0 Å². The average molecular weight is 323 g/mol. The van der Waals surface area contributed by atoms with E-state index < -0.39 is 11.9 Å². The van der Waals surface area contributed by atoms with Crippen LogP contribution in [0.1, 0.15) is 31.9 Å². The van der Waals surface area contributed by atoms with E-state index in [-0.39, 0.29) is 18.0 Å². The summed E-state index contributed by atoms with van der Waals surface area (Å²) in [5, 5.41) is 9.62. The largest absolute Gasteiger partial charge is 0.392 e. The number of rotatable bonds is 6. The highest BCUT2D eigenvalue weighted by molar-refractivity contribution is 5.81. The van der Waals surface area contributed by atoms with Crippen molar-refractivity contribution in [3.63, 3.8) is 0 Å². The number of nitrogens with two attached hydrogens (primary N) is 1. The highest BCUT2D eigenvalue weighted by atomic mass is 19.1. The van der Waals surface area contributed by atoms with E-state index in [1.54, 1.807) is 19.1 Å². The van der Waals surface area contributed by atoms with Gasteiger partial charge < -0.3 is 10.8 Å². The number of aliphatic hydroxyl groups is 1. The number of amides is 1. The third-order valence-corrected chi connectivity index (χ3v) is 4.43. The first-order valence-corrected chi connectivity index (χ1v) is 8.13. The van der Waals surface area contributed by atoms with Crippen molar-refractivity contribution >= 4 is 5.91 Å². The Labute approximate surface area is 136 Å². The first-order chi connectivity index (χ1) is 10.9. The zero-order valence-electron chi connectivity index (χ0n) is 13.8. The number of carbonyl (C=O) groups is 1. The van der Waals surface area contributed by atoms with Gasteiger partial charge in [-0.25, -0.2) is 4.39 Å². The Morgan fingerprint density at radius 1 is 1.39 bits per heavy atom. The van der Waals surface area contributed by atoms with Crippen molar-refractivity contribution in [2.24, 2.45) is 5.73 Å². The van der Waals surface area contributed by atoms with Crippen molar-refractivity contribution in [2.45, 2.75) is 38.5 Å². The number of β-amino-alcohol motifs (C(OH)–C–C–N with tert-alkyl or cyclic N) is 1. The maximum absolute atomic E-state index is 13.1. The van der Waals surface area contributed by atoms with Crippen LogP contribution in [0, 0.1) is 5.82 Å². The van der Waals surface area contributed by atoms with E-state index in [1.807, 2.05) is 0 Å². The fourth-order valence-corrected chi connectivity index (χ4v) is 3.32. The molecule has 1 aliphatic heterocycles. The molecule has 0 spiro atoms. The van der Waals surface area contributed by atoms with E-state index in [0.29, 0.717) is 19.6 Å². The zero-order chi connectivity index (χ0) is 17.0. The van der Waals surface area contributed by atoms with Crippen molar-refractivity contribution in [1.29, 1.82) is 0 Å². The summed E-state index contributed by atoms with van der Waals surface area (Å²) in [4.78, 5) is 16.3. The van der Waals surface area contributed by atoms with Gasteiger partial charge in [-0.15, -0.1) is 0 Å². The molecule has 0 unspecified atom stereocenters. The van der Waals surface area contributed by atoms with Crippen LogP contribution >= 0.6 is 0 Å². The van der Waals surface area contributed by atoms with Crippen LogP contribution in [0.3, 0.4) is 0 Å². The van der Waals surface area contributed by atoms with Gasteiger partial charge in [-0.1, -0.05) is 19.1 Å². The maximum atomic E-state index is 13.1. The lowest BCUT2D eigenvalue weighted by molar-refractivity contribution is -0.125. The van der Waals surface area contributed by atoms with E-state index in [1.165, 1.54) is 12.1 Å². The molecule has 3 N–H and O–H groups in total. The number of benzene rings is 1. The summed E-state index contributed by atoms with van der Waals surface area (Å²) in [6, 6.07) is 5.67. The van der Waals surface area contributed by atoms with Gasteiger partial charge in [-0.3, -0.25) is 14.6 Å². The van der Waals surface area contributed by atoms with Gasteiger partial charge in [0.25, 0.3) is 0 Å². The third-order valence-electron chi connectivity index (χ3n) is 4.43. The third kappa shape index (κ3) is 4.50. The van der Waals surface area contributed by atoms with Crippen LogP contribution in [-0.2, 0) is 4.79 Å². The molecule has 1 aromatic rings. The molecule has 5 nitrogen and oxygen atoms in total. The van der Waals surface area contributed by atoms with Crippen LogP contribution in [-0.4, -0.2) is 59.1 Å². The topological polar surface area (TPSA) is 69.8 Å². The van der Waals surface area contributed by atoms with Crippen LogP contribution in [0.15, 0.2) is 24.3 Å². The fourth-order valence-electron chi connectivity index (χ4n) is 3.32. The SMILES string of the molecule is CC[C@@H]1CN([C@H](C(N)=O)c2ccc(F)cc2)CCN1C[C@H](C)O. The normalized spacial score (nSPS) is 22.7. The van der Waals surface area contributed by atoms with Crippen LogP contribution < -0.4 is 5.73 Å². The Kier molecular flexibility index (Phi) is 6.10. The first kappa shape index (κ1) is 17.8. The number of piperazine rings is 1. The number of halogens is 1. The number of aliphatic hydroxyl groups excluding tert-OH is 1. The van der Waals surface area contributed by atoms with E-state index in [4.69, 9.17) is 5.73 Å². The second kappa shape index (κ2) is 7.86. The second-order valence-electron chi connectivity index (χ2n) is 6.26. The summed E-state index contributed by atoms with van der Waals surface area (Å²) in [6.45, 7) is 6.67. The van der Waals surface area contributed by atoms with Gasteiger partial charge in [0.2, 0.25) is 5.91 Å². The van der Waals surface area contributed by atoms with Crippen molar-refractivity contribution in [3.05, 3.63) is 35.6 Å². The monoisotopic (exact) mass is 323 g/mol. The fraction of sp³-hybridized carbons (Fsp3) is 0.588. The molecule has 0 aliphatic carbocycles. The average Bonchev–Trinajstić information content (AvgIpc) is 2.50. The highest BCUT2D eigenvalue weighted by Crippen LogP contribution is 2.25. The Hall–Kier alpha value is -1.50. The molecule has 128 valence electrons. The molecule has 1 amide bonds. The number of hydrogen-bond donors (Lipinski definition) is 2. The molecule has 3 atom stereocenters. The molecule has 1 fully saturated rings. The molecule has 1 aliphatic rings. The lowest BCUT2D eigenvalue weighted by Crippen LogP contribution is -2.56. The quantitative estimate of drug-likeness (QED) is 0.823. The summed E-state index contributed by atoms with van der Waals surface area (Å²) in [6.07, 6.45) is 0.553. The van der Waals surface area contributed by atoms with Crippen molar-refractivity contribution in [3.8, 4) is 0 Å². The van der Waals surface area contributed by atoms with Crippen LogP contribution in [0.25, 0.3) is 0 Å². The van der Waals surface area contributed by atoms with Gasteiger partial charge in [0, 0.05) is 32.2 Å². The van der Waals surface area contributed by atoms with Crippen molar-refractivity contribution in [2.75, 3.05) is 26.2 Å². The summed E-state index contributed by atoms with van der Waals surface area (Å²) < 4.78 is 13.1. The molecule has 0 bridgehead atoms. The highest BCUT2D eigenvalue weighted by Gasteiger charge is 2.33. The summed E-state index contributed by atoms with van der Waals surface area (Å²) in [7, 11) is 0.